The number of carbonyl (C=O) groups is 3. The van der Waals surface area contributed by atoms with E-state index in [-0.39, 0.29) is 30.6 Å². The number of nitrogens with zero attached hydrogens (tertiary/aromatic N) is 3. The number of para-hydroxylation sites is 1. The van der Waals surface area contributed by atoms with Crippen molar-refractivity contribution in [3.05, 3.63) is 42.1 Å². The number of rotatable bonds is 7. The topological polar surface area (TPSA) is 105 Å². The molecule has 28 heavy (non-hydrogen) atoms. The Labute approximate surface area is 163 Å². The summed E-state index contributed by atoms with van der Waals surface area (Å²) in [5, 5.41) is 15.5. The molecule has 1 aromatic heterocycles. The number of hydrogen-bond acceptors (Lipinski definition) is 4. The molecule has 1 saturated heterocycles. The molecule has 1 aliphatic rings. The summed E-state index contributed by atoms with van der Waals surface area (Å²) in [7, 11) is 0. The van der Waals surface area contributed by atoms with Gasteiger partial charge in [-0.15, -0.1) is 0 Å². The minimum Gasteiger partial charge on any atom is -0.480 e. The highest BCUT2D eigenvalue weighted by atomic mass is 16.4. The highest BCUT2D eigenvalue weighted by Gasteiger charge is 2.36. The minimum atomic E-state index is -1.02. The summed E-state index contributed by atoms with van der Waals surface area (Å²) in [4.78, 5) is 37.6. The molecule has 0 saturated carbocycles. The van der Waals surface area contributed by atoms with Crippen LogP contribution in [0.5, 0.6) is 0 Å². The van der Waals surface area contributed by atoms with Gasteiger partial charge in [0, 0.05) is 30.9 Å². The number of carboxylic acid groups (broad SMARTS) is 1. The Bertz CT molecular complexity index is 892. The van der Waals surface area contributed by atoms with Gasteiger partial charge in [0.25, 0.3) is 0 Å². The van der Waals surface area contributed by atoms with Gasteiger partial charge in [-0.25, -0.2) is 0 Å². The van der Waals surface area contributed by atoms with Crippen LogP contribution < -0.4 is 10.2 Å². The number of nitrogens with one attached hydrogen (secondary N) is 1. The van der Waals surface area contributed by atoms with Crippen LogP contribution in [0.2, 0.25) is 0 Å². The molecule has 8 nitrogen and oxygen atoms in total. The summed E-state index contributed by atoms with van der Waals surface area (Å²) in [5.41, 5.74) is 1.97. The van der Waals surface area contributed by atoms with Gasteiger partial charge in [-0.05, 0) is 24.0 Å². The molecule has 2 amide bonds. The number of anilines is 2. The zero-order valence-electron chi connectivity index (χ0n) is 16.0. The van der Waals surface area contributed by atoms with Gasteiger partial charge in [0.15, 0.2) is 5.82 Å². The van der Waals surface area contributed by atoms with Crippen LogP contribution in [-0.4, -0.2) is 39.2 Å². The Morgan fingerprint density at radius 2 is 2.07 bits per heavy atom. The van der Waals surface area contributed by atoms with Gasteiger partial charge < -0.3 is 15.3 Å². The standard InChI is InChI=1S/C20H24N4O4/c1-3-13(2)15-6-4-5-7-16(15)24-11-14(10-18(24)25)20(28)21-17-8-9-23(22-17)12-19(26)27/h4-9,13-14H,3,10-12H2,1-2H3,(H,26,27)(H,21,22,28). The maximum Gasteiger partial charge on any atom is 0.325 e. The van der Waals surface area contributed by atoms with E-state index >= 15 is 0 Å². The molecule has 0 spiro atoms. The van der Waals surface area contributed by atoms with Crippen molar-refractivity contribution in [2.75, 3.05) is 16.8 Å². The normalized spacial score (nSPS) is 17.6. The number of carbonyl (C=O) groups excluding carboxylic acids is 2. The number of benzene rings is 1. The number of carboxylic acids is 1. The first-order valence-electron chi connectivity index (χ1n) is 9.34. The largest absolute Gasteiger partial charge is 0.480 e. The summed E-state index contributed by atoms with van der Waals surface area (Å²) in [6.45, 7) is 4.26. The van der Waals surface area contributed by atoms with E-state index in [0.29, 0.717) is 12.5 Å². The summed E-state index contributed by atoms with van der Waals surface area (Å²) >= 11 is 0. The van der Waals surface area contributed by atoms with E-state index in [1.807, 2.05) is 24.3 Å². The van der Waals surface area contributed by atoms with Crippen molar-refractivity contribution in [2.45, 2.75) is 39.2 Å². The van der Waals surface area contributed by atoms with E-state index < -0.39 is 11.9 Å². The van der Waals surface area contributed by atoms with E-state index in [1.165, 1.54) is 16.9 Å². The van der Waals surface area contributed by atoms with Gasteiger partial charge in [-0.3, -0.25) is 19.1 Å². The van der Waals surface area contributed by atoms with Crippen molar-refractivity contribution < 1.29 is 19.5 Å². The van der Waals surface area contributed by atoms with Crippen LogP contribution in [0.25, 0.3) is 0 Å². The van der Waals surface area contributed by atoms with E-state index in [2.05, 4.69) is 24.3 Å². The number of aromatic nitrogens is 2. The van der Waals surface area contributed by atoms with Crippen LogP contribution in [-0.2, 0) is 20.9 Å². The first kappa shape index (κ1) is 19.6. The third kappa shape index (κ3) is 4.21. The van der Waals surface area contributed by atoms with Crippen LogP contribution in [0.1, 0.15) is 38.2 Å². The average Bonchev–Trinajstić information content (AvgIpc) is 3.26. The summed E-state index contributed by atoms with van der Waals surface area (Å²) in [5.74, 6) is -1.28. The molecule has 1 aromatic carbocycles. The Morgan fingerprint density at radius 1 is 1.32 bits per heavy atom. The highest BCUT2D eigenvalue weighted by Crippen LogP contribution is 2.33. The Morgan fingerprint density at radius 3 is 2.79 bits per heavy atom. The van der Waals surface area contributed by atoms with Crippen molar-refractivity contribution in [3.63, 3.8) is 0 Å². The van der Waals surface area contributed by atoms with E-state index in [9.17, 15) is 14.4 Å². The molecule has 2 unspecified atom stereocenters. The van der Waals surface area contributed by atoms with Gasteiger partial charge >= 0.3 is 5.97 Å². The van der Waals surface area contributed by atoms with E-state index in [0.717, 1.165) is 17.7 Å². The van der Waals surface area contributed by atoms with Crippen LogP contribution in [0.15, 0.2) is 36.5 Å². The second kappa shape index (κ2) is 8.24. The molecule has 0 radical (unpaired) electrons. The number of aliphatic carboxylic acids is 1. The van der Waals surface area contributed by atoms with Gasteiger partial charge in [0.2, 0.25) is 11.8 Å². The smallest absolute Gasteiger partial charge is 0.325 e. The van der Waals surface area contributed by atoms with Crippen LogP contribution in [0, 0.1) is 5.92 Å². The summed E-state index contributed by atoms with van der Waals surface area (Å²) in [6.07, 6.45) is 2.58. The predicted molar refractivity (Wildman–Crippen MR) is 104 cm³/mol. The first-order chi connectivity index (χ1) is 13.4. The maximum absolute atomic E-state index is 12.6. The van der Waals surface area contributed by atoms with Crippen LogP contribution in [0.3, 0.4) is 0 Å². The molecule has 2 aromatic rings. The molecule has 8 heteroatoms. The lowest BCUT2D eigenvalue weighted by Gasteiger charge is -2.23. The second-order valence-electron chi connectivity index (χ2n) is 7.06. The van der Waals surface area contributed by atoms with E-state index in [1.54, 1.807) is 4.90 Å². The fraction of sp³-hybridized carbons (Fsp3) is 0.400. The van der Waals surface area contributed by atoms with Gasteiger partial charge in [-0.2, -0.15) is 5.10 Å². The lowest BCUT2D eigenvalue weighted by atomic mass is 9.96. The molecule has 3 rings (SSSR count). The zero-order valence-corrected chi connectivity index (χ0v) is 16.0. The molecule has 0 bridgehead atoms. The van der Waals surface area contributed by atoms with Crippen molar-refractivity contribution >= 4 is 29.3 Å². The maximum atomic E-state index is 12.6. The number of hydrogen-bond donors (Lipinski definition) is 2. The minimum absolute atomic E-state index is 0.0766. The van der Waals surface area contributed by atoms with Crippen molar-refractivity contribution in [2.24, 2.45) is 5.92 Å². The van der Waals surface area contributed by atoms with Crippen LogP contribution in [0.4, 0.5) is 11.5 Å². The molecule has 2 heterocycles. The molecular weight excluding hydrogens is 360 g/mol. The highest BCUT2D eigenvalue weighted by molar-refractivity contribution is 6.03. The first-order valence-corrected chi connectivity index (χ1v) is 9.34. The fourth-order valence-corrected chi connectivity index (χ4v) is 3.37. The molecule has 1 fully saturated rings. The Balaban J connectivity index is 1.70. The third-order valence-electron chi connectivity index (χ3n) is 5.06. The molecule has 2 N–H and O–H groups in total. The molecule has 148 valence electrons. The Hall–Kier alpha value is -3.16. The van der Waals surface area contributed by atoms with Gasteiger partial charge in [0.05, 0.1) is 5.92 Å². The summed E-state index contributed by atoms with van der Waals surface area (Å²) < 4.78 is 1.23. The monoisotopic (exact) mass is 384 g/mol. The Kier molecular flexibility index (Phi) is 5.77. The van der Waals surface area contributed by atoms with Crippen molar-refractivity contribution in [1.29, 1.82) is 0 Å². The van der Waals surface area contributed by atoms with Gasteiger partial charge in [-0.1, -0.05) is 32.0 Å². The lowest BCUT2D eigenvalue weighted by molar-refractivity contribution is -0.137. The third-order valence-corrected chi connectivity index (χ3v) is 5.06. The second-order valence-corrected chi connectivity index (χ2v) is 7.06. The molecule has 2 atom stereocenters. The van der Waals surface area contributed by atoms with E-state index in [4.69, 9.17) is 5.11 Å². The lowest BCUT2D eigenvalue weighted by Crippen LogP contribution is -2.29. The molecule has 1 aliphatic heterocycles. The predicted octanol–water partition coefficient (Wildman–Crippen LogP) is 2.47. The van der Waals surface area contributed by atoms with Gasteiger partial charge in [0.1, 0.15) is 6.54 Å². The quantitative estimate of drug-likeness (QED) is 0.763. The van der Waals surface area contributed by atoms with Crippen molar-refractivity contribution in [3.8, 4) is 0 Å². The zero-order chi connectivity index (χ0) is 20.3. The van der Waals surface area contributed by atoms with Crippen LogP contribution >= 0.6 is 0 Å². The molecule has 0 aliphatic carbocycles. The fourth-order valence-electron chi connectivity index (χ4n) is 3.37. The SMILES string of the molecule is CCC(C)c1ccccc1N1CC(C(=O)Nc2ccn(CC(=O)O)n2)CC1=O. The number of amides is 2. The van der Waals surface area contributed by atoms with Crippen molar-refractivity contribution in [1.82, 2.24) is 9.78 Å². The average molecular weight is 384 g/mol. The molecular formula is C20H24N4O4. The summed E-state index contributed by atoms with van der Waals surface area (Å²) in [6, 6.07) is 9.35.